The summed E-state index contributed by atoms with van der Waals surface area (Å²) in [7, 11) is 0. The van der Waals surface area contributed by atoms with E-state index in [1.807, 2.05) is 0 Å². The lowest BCUT2D eigenvalue weighted by molar-refractivity contribution is -0.385. The summed E-state index contributed by atoms with van der Waals surface area (Å²) in [5, 5.41) is 20.1. The molecule has 0 saturated carbocycles. The van der Waals surface area contributed by atoms with Crippen LogP contribution in [0.5, 0.6) is 0 Å². The Hall–Kier alpha value is -3.60. The summed E-state index contributed by atoms with van der Waals surface area (Å²) in [5.41, 5.74) is -0.520. The molecular weight excluding hydrogens is 317 g/mol. The van der Waals surface area contributed by atoms with Gasteiger partial charge >= 0.3 is 0 Å². The first kappa shape index (κ1) is 15.3. The highest BCUT2D eigenvalue weighted by atomic mass is 19.1. The third kappa shape index (κ3) is 2.28. The minimum Gasteiger partial charge on any atom is -0.270 e. The maximum Gasteiger partial charge on any atom is 0.282 e. The molecule has 1 heterocycles. The number of amides is 2. The first-order valence-corrected chi connectivity index (χ1v) is 6.76. The van der Waals surface area contributed by atoms with Gasteiger partial charge in [-0.1, -0.05) is 12.1 Å². The molecule has 0 aliphatic carbocycles. The Morgan fingerprint density at radius 3 is 2.62 bits per heavy atom. The molecule has 0 fully saturated rings. The molecule has 1 aliphatic rings. The third-order valence-corrected chi connectivity index (χ3v) is 3.69. The van der Waals surface area contributed by atoms with E-state index in [1.165, 1.54) is 18.2 Å². The molecule has 24 heavy (non-hydrogen) atoms. The number of hydrogen-bond donors (Lipinski definition) is 0. The van der Waals surface area contributed by atoms with Crippen molar-refractivity contribution in [2.75, 3.05) is 0 Å². The Labute approximate surface area is 134 Å². The number of nitriles is 1. The Morgan fingerprint density at radius 2 is 1.96 bits per heavy atom. The van der Waals surface area contributed by atoms with E-state index < -0.39 is 28.2 Å². The van der Waals surface area contributed by atoms with Crippen LogP contribution in [0.4, 0.5) is 10.1 Å². The summed E-state index contributed by atoms with van der Waals surface area (Å²) in [6.45, 7) is -0.271. The van der Waals surface area contributed by atoms with Gasteiger partial charge in [0.15, 0.2) is 0 Å². The number of carbonyl (C=O) groups is 2. The van der Waals surface area contributed by atoms with Gasteiger partial charge in [-0.2, -0.15) is 5.26 Å². The summed E-state index contributed by atoms with van der Waals surface area (Å²) in [4.78, 5) is 36.0. The predicted octanol–water partition coefficient (Wildman–Crippen LogP) is 2.40. The SMILES string of the molecule is N#Cc1cc(F)ccc1CN1C(=O)c2cccc([N+](=O)[O-])c2C1=O. The number of nitrogens with zero attached hydrogens (tertiary/aromatic N) is 3. The number of nitro groups is 1. The number of carbonyl (C=O) groups excluding carboxylic acids is 2. The van der Waals surface area contributed by atoms with E-state index in [2.05, 4.69) is 0 Å². The van der Waals surface area contributed by atoms with E-state index in [0.29, 0.717) is 0 Å². The fourth-order valence-corrected chi connectivity index (χ4v) is 2.57. The van der Waals surface area contributed by atoms with Crippen molar-refractivity contribution in [1.82, 2.24) is 4.90 Å². The molecule has 0 aromatic heterocycles. The normalized spacial score (nSPS) is 12.9. The molecule has 0 unspecified atom stereocenters. The van der Waals surface area contributed by atoms with Crippen molar-refractivity contribution < 1.29 is 18.9 Å². The van der Waals surface area contributed by atoms with Gasteiger partial charge in [-0.15, -0.1) is 0 Å². The molecule has 3 rings (SSSR count). The molecule has 0 spiro atoms. The summed E-state index contributed by atoms with van der Waals surface area (Å²) >= 11 is 0. The first-order chi connectivity index (χ1) is 11.4. The molecule has 0 atom stereocenters. The monoisotopic (exact) mass is 325 g/mol. The van der Waals surface area contributed by atoms with E-state index in [4.69, 9.17) is 5.26 Å². The maximum absolute atomic E-state index is 13.2. The van der Waals surface area contributed by atoms with Gasteiger partial charge in [0.25, 0.3) is 17.5 Å². The average Bonchev–Trinajstić information content (AvgIpc) is 2.81. The third-order valence-electron chi connectivity index (χ3n) is 3.69. The van der Waals surface area contributed by atoms with Crippen LogP contribution in [0, 0.1) is 27.3 Å². The molecular formula is C16H8FN3O4. The lowest BCUT2D eigenvalue weighted by Crippen LogP contribution is -2.29. The summed E-state index contributed by atoms with van der Waals surface area (Å²) in [6.07, 6.45) is 0. The van der Waals surface area contributed by atoms with Gasteiger partial charge in [0.2, 0.25) is 0 Å². The number of rotatable bonds is 3. The smallest absolute Gasteiger partial charge is 0.270 e. The van der Waals surface area contributed by atoms with E-state index in [1.54, 1.807) is 6.07 Å². The summed E-state index contributed by atoms with van der Waals surface area (Å²) < 4.78 is 13.2. The topological polar surface area (TPSA) is 104 Å². The maximum atomic E-state index is 13.2. The van der Waals surface area contributed by atoms with Crippen LogP contribution in [-0.2, 0) is 6.54 Å². The Kier molecular flexibility index (Phi) is 3.54. The second-order valence-electron chi connectivity index (χ2n) is 5.07. The second kappa shape index (κ2) is 5.55. The predicted molar refractivity (Wildman–Crippen MR) is 78.4 cm³/mol. The summed E-state index contributed by atoms with van der Waals surface area (Å²) in [5.74, 6) is -2.12. The molecule has 0 bridgehead atoms. The van der Waals surface area contributed by atoms with Crippen molar-refractivity contribution >= 4 is 17.5 Å². The zero-order valence-electron chi connectivity index (χ0n) is 12.0. The van der Waals surface area contributed by atoms with Crippen LogP contribution in [0.15, 0.2) is 36.4 Å². The highest BCUT2D eigenvalue weighted by Gasteiger charge is 2.41. The van der Waals surface area contributed by atoms with Gasteiger partial charge in [0.05, 0.1) is 28.7 Å². The van der Waals surface area contributed by atoms with E-state index in [-0.39, 0.29) is 28.8 Å². The lowest BCUT2D eigenvalue weighted by Gasteiger charge is -2.14. The molecule has 8 heteroatoms. The van der Waals surface area contributed by atoms with Crippen LogP contribution in [0.3, 0.4) is 0 Å². The minimum atomic E-state index is -0.810. The number of fused-ring (bicyclic) bond motifs is 1. The highest BCUT2D eigenvalue weighted by molar-refractivity contribution is 6.23. The van der Waals surface area contributed by atoms with Gasteiger partial charge in [-0.25, -0.2) is 4.39 Å². The molecule has 2 amide bonds. The van der Waals surface area contributed by atoms with Crippen LogP contribution >= 0.6 is 0 Å². The Bertz CT molecular complexity index is 949. The number of nitro benzene ring substituents is 1. The van der Waals surface area contributed by atoms with Crippen molar-refractivity contribution in [2.24, 2.45) is 0 Å². The quantitative estimate of drug-likeness (QED) is 0.489. The van der Waals surface area contributed by atoms with Crippen LogP contribution in [-0.4, -0.2) is 21.6 Å². The van der Waals surface area contributed by atoms with Gasteiger partial charge < -0.3 is 0 Å². The number of benzene rings is 2. The van der Waals surface area contributed by atoms with Gasteiger partial charge in [-0.05, 0) is 23.8 Å². The average molecular weight is 325 g/mol. The largest absolute Gasteiger partial charge is 0.282 e. The van der Waals surface area contributed by atoms with Crippen molar-refractivity contribution in [1.29, 1.82) is 5.26 Å². The zero-order chi connectivity index (χ0) is 17.4. The van der Waals surface area contributed by atoms with Crippen LogP contribution in [0.2, 0.25) is 0 Å². The van der Waals surface area contributed by atoms with Crippen molar-refractivity contribution in [2.45, 2.75) is 6.54 Å². The molecule has 1 aliphatic heterocycles. The number of halogens is 1. The van der Waals surface area contributed by atoms with Crippen molar-refractivity contribution in [3.05, 3.63) is 74.6 Å². The molecule has 0 saturated heterocycles. The fourth-order valence-electron chi connectivity index (χ4n) is 2.57. The zero-order valence-corrected chi connectivity index (χ0v) is 12.0. The molecule has 118 valence electrons. The number of hydrogen-bond acceptors (Lipinski definition) is 5. The van der Waals surface area contributed by atoms with Crippen molar-refractivity contribution in [3.63, 3.8) is 0 Å². The second-order valence-corrected chi connectivity index (χ2v) is 5.07. The van der Waals surface area contributed by atoms with Gasteiger partial charge in [-0.3, -0.25) is 24.6 Å². The van der Waals surface area contributed by atoms with Gasteiger partial charge in [0.1, 0.15) is 11.4 Å². The van der Waals surface area contributed by atoms with Crippen LogP contribution in [0.1, 0.15) is 31.8 Å². The van der Waals surface area contributed by atoms with E-state index in [9.17, 15) is 24.1 Å². The molecule has 2 aromatic carbocycles. The standard InChI is InChI=1S/C16H8FN3O4/c17-11-5-4-9(10(6-11)7-18)8-19-15(21)12-2-1-3-13(20(23)24)14(12)16(19)22/h1-6H,8H2. The Morgan fingerprint density at radius 1 is 1.21 bits per heavy atom. The molecule has 2 aromatic rings. The lowest BCUT2D eigenvalue weighted by atomic mass is 10.1. The molecule has 7 nitrogen and oxygen atoms in total. The van der Waals surface area contributed by atoms with E-state index in [0.717, 1.165) is 23.1 Å². The molecule has 0 radical (unpaired) electrons. The first-order valence-electron chi connectivity index (χ1n) is 6.76. The van der Waals surface area contributed by atoms with Crippen molar-refractivity contribution in [3.8, 4) is 6.07 Å². The molecule has 0 N–H and O–H groups in total. The van der Waals surface area contributed by atoms with Crippen LogP contribution in [0.25, 0.3) is 0 Å². The van der Waals surface area contributed by atoms with Gasteiger partial charge in [0, 0.05) is 6.07 Å². The Balaban J connectivity index is 2.03. The number of imide groups is 1. The fraction of sp³-hybridized carbons (Fsp3) is 0.0625. The van der Waals surface area contributed by atoms with E-state index >= 15 is 0 Å². The van der Waals surface area contributed by atoms with Crippen LogP contribution < -0.4 is 0 Å². The minimum absolute atomic E-state index is 0.0129. The summed E-state index contributed by atoms with van der Waals surface area (Å²) in [6, 6.07) is 9.00. The highest BCUT2D eigenvalue weighted by Crippen LogP contribution is 2.31.